The molecular weight excluding hydrogens is 330 g/mol. The van der Waals surface area contributed by atoms with E-state index in [9.17, 15) is 14.4 Å². The number of hydrogen-bond acceptors (Lipinski definition) is 4. The maximum Gasteiger partial charge on any atom is 0.338 e. The number of esters is 1. The van der Waals surface area contributed by atoms with Crippen LogP contribution in [0, 0.1) is 12.3 Å². The fourth-order valence-electron chi connectivity index (χ4n) is 2.15. The lowest BCUT2D eigenvalue weighted by Crippen LogP contribution is -2.27. The Hall–Kier alpha value is -2.95. The third kappa shape index (κ3) is 5.02. The SMILES string of the molecule is Cc1ccccc1C(=O)OCC(=O)c1ccc(NC(=O)C(C)(C)C)cc1. The minimum Gasteiger partial charge on any atom is -0.454 e. The average molecular weight is 353 g/mol. The molecule has 0 aliphatic heterocycles. The highest BCUT2D eigenvalue weighted by Crippen LogP contribution is 2.18. The first-order valence-corrected chi connectivity index (χ1v) is 8.36. The molecular formula is C21H23NO4. The van der Waals surface area contributed by atoms with Gasteiger partial charge in [-0.2, -0.15) is 0 Å². The van der Waals surface area contributed by atoms with E-state index in [1.165, 1.54) is 0 Å². The molecule has 0 radical (unpaired) electrons. The number of Topliss-reactive ketones (excluding diaryl/α,β-unsaturated/α-hetero) is 1. The van der Waals surface area contributed by atoms with Gasteiger partial charge in [-0.15, -0.1) is 0 Å². The van der Waals surface area contributed by atoms with Crippen LogP contribution in [0.25, 0.3) is 0 Å². The van der Waals surface area contributed by atoms with Crippen LogP contribution in [0.3, 0.4) is 0 Å². The van der Waals surface area contributed by atoms with Crippen molar-refractivity contribution in [1.29, 1.82) is 0 Å². The van der Waals surface area contributed by atoms with Crippen molar-refractivity contribution in [3.63, 3.8) is 0 Å². The maximum atomic E-state index is 12.2. The summed E-state index contributed by atoms with van der Waals surface area (Å²) in [5.41, 5.74) is 1.76. The van der Waals surface area contributed by atoms with E-state index in [-0.39, 0.29) is 18.3 Å². The van der Waals surface area contributed by atoms with Gasteiger partial charge < -0.3 is 10.1 Å². The molecule has 0 unspecified atom stereocenters. The lowest BCUT2D eigenvalue weighted by atomic mass is 9.95. The minimum atomic E-state index is -0.523. The Morgan fingerprint density at radius 3 is 2.15 bits per heavy atom. The molecule has 2 aromatic rings. The zero-order valence-electron chi connectivity index (χ0n) is 15.5. The van der Waals surface area contributed by atoms with Gasteiger partial charge in [-0.25, -0.2) is 4.79 Å². The van der Waals surface area contributed by atoms with Gasteiger partial charge in [0.1, 0.15) is 0 Å². The van der Waals surface area contributed by atoms with Crippen molar-refractivity contribution < 1.29 is 19.1 Å². The zero-order chi connectivity index (χ0) is 19.3. The molecule has 0 saturated heterocycles. The smallest absolute Gasteiger partial charge is 0.338 e. The Morgan fingerprint density at radius 2 is 1.58 bits per heavy atom. The second kappa shape index (κ2) is 7.95. The number of hydrogen-bond donors (Lipinski definition) is 1. The van der Waals surface area contributed by atoms with Crippen LogP contribution in [-0.4, -0.2) is 24.3 Å². The van der Waals surface area contributed by atoms with Crippen molar-refractivity contribution in [1.82, 2.24) is 0 Å². The van der Waals surface area contributed by atoms with Crippen molar-refractivity contribution >= 4 is 23.3 Å². The first-order chi connectivity index (χ1) is 12.2. The predicted molar refractivity (Wildman–Crippen MR) is 100 cm³/mol. The molecule has 26 heavy (non-hydrogen) atoms. The van der Waals surface area contributed by atoms with Crippen molar-refractivity contribution in [2.45, 2.75) is 27.7 Å². The summed E-state index contributed by atoms with van der Waals surface area (Å²) in [5, 5.41) is 2.79. The van der Waals surface area contributed by atoms with E-state index in [0.717, 1.165) is 5.56 Å². The molecule has 1 N–H and O–H groups in total. The van der Waals surface area contributed by atoms with E-state index in [1.54, 1.807) is 36.4 Å². The molecule has 0 spiro atoms. The standard InChI is InChI=1S/C21H23NO4/c1-14-7-5-6-8-17(14)19(24)26-13-18(23)15-9-11-16(12-10-15)22-20(25)21(2,3)4/h5-12H,13H2,1-4H3,(H,22,25). The Morgan fingerprint density at radius 1 is 0.962 bits per heavy atom. The summed E-state index contributed by atoms with van der Waals surface area (Å²) in [6.07, 6.45) is 0. The Balaban J connectivity index is 1.95. The fraction of sp³-hybridized carbons (Fsp3) is 0.286. The molecule has 136 valence electrons. The van der Waals surface area contributed by atoms with Gasteiger partial charge in [-0.05, 0) is 42.8 Å². The van der Waals surface area contributed by atoms with E-state index < -0.39 is 11.4 Å². The highest BCUT2D eigenvalue weighted by atomic mass is 16.5. The number of amides is 1. The molecule has 2 aromatic carbocycles. The van der Waals surface area contributed by atoms with Gasteiger partial charge in [0.25, 0.3) is 0 Å². The number of carbonyl (C=O) groups is 3. The van der Waals surface area contributed by atoms with E-state index in [0.29, 0.717) is 16.8 Å². The van der Waals surface area contributed by atoms with E-state index in [2.05, 4.69) is 5.32 Å². The van der Waals surface area contributed by atoms with Gasteiger partial charge in [0.2, 0.25) is 5.91 Å². The van der Waals surface area contributed by atoms with Gasteiger partial charge in [-0.3, -0.25) is 9.59 Å². The molecule has 0 aromatic heterocycles. The number of aryl methyl sites for hydroxylation is 1. The van der Waals surface area contributed by atoms with Crippen LogP contribution in [0.15, 0.2) is 48.5 Å². The molecule has 5 heteroatoms. The molecule has 0 bridgehead atoms. The third-order valence-electron chi connectivity index (χ3n) is 3.85. The van der Waals surface area contributed by atoms with Crippen LogP contribution in [0.2, 0.25) is 0 Å². The van der Waals surface area contributed by atoms with Crippen molar-refractivity contribution in [3.8, 4) is 0 Å². The predicted octanol–water partition coefficient (Wildman–Crippen LogP) is 4.02. The molecule has 0 fully saturated rings. The quantitative estimate of drug-likeness (QED) is 0.651. The molecule has 0 saturated carbocycles. The number of carbonyl (C=O) groups excluding carboxylic acids is 3. The Kier molecular flexibility index (Phi) is 5.93. The van der Waals surface area contributed by atoms with Crippen molar-refractivity contribution in [2.75, 3.05) is 11.9 Å². The highest BCUT2D eigenvalue weighted by Gasteiger charge is 2.21. The lowest BCUT2D eigenvalue weighted by Gasteiger charge is -2.17. The summed E-state index contributed by atoms with van der Waals surface area (Å²) >= 11 is 0. The summed E-state index contributed by atoms with van der Waals surface area (Å²) in [5.74, 6) is -0.935. The monoisotopic (exact) mass is 353 g/mol. The van der Waals surface area contributed by atoms with E-state index >= 15 is 0 Å². The first-order valence-electron chi connectivity index (χ1n) is 8.36. The molecule has 2 rings (SSSR count). The summed E-state index contributed by atoms with van der Waals surface area (Å²) in [4.78, 5) is 36.2. The number of ether oxygens (including phenoxy) is 1. The molecule has 0 aliphatic carbocycles. The number of rotatable bonds is 5. The first kappa shape index (κ1) is 19.4. The summed E-state index contributed by atoms with van der Waals surface area (Å²) in [6.45, 7) is 6.94. The molecule has 0 atom stereocenters. The second-order valence-electron chi connectivity index (χ2n) is 7.10. The second-order valence-corrected chi connectivity index (χ2v) is 7.10. The third-order valence-corrected chi connectivity index (χ3v) is 3.85. The van der Waals surface area contributed by atoms with Crippen LogP contribution in [0.1, 0.15) is 47.1 Å². The highest BCUT2D eigenvalue weighted by molar-refractivity contribution is 6.00. The number of nitrogens with one attached hydrogen (secondary N) is 1. The van der Waals surface area contributed by atoms with Crippen LogP contribution >= 0.6 is 0 Å². The normalized spacial score (nSPS) is 10.9. The zero-order valence-corrected chi connectivity index (χ0v) is 15.5. The number of anilines is 1. The Labute approximate surface area is 153 Å². The van der Waals surface area contributed by atoms with Gasteiger partial charge in [0.05, 0.1) is 5.56 Å². The minimum absolute atomic E-state index is 0.108. The van der Waals surface area contributed by atoms with Gasteiger partial charge in [0.15, 0.2) is 12.4 Å². The van der Waals surface area contributed by atoms with Crippen molar-refractivity contribution in [3.05, 3.63) is 65.2 Å². The summed E-state index contributed by atoms with van der Waals surface area (Å²) in [7, 11) is 0. The largest absolute Gasteiger partial charge is 0.454 e. The van der Waals surface area contributed by atoms with E-state index in [4.69, 9.17) is 4.74 Å². The molecule has 5 nitrogen and oxygen atoms in total. The molecule has 0 heterocycles. The average Bonchev–Trinajstić information content (AvgIpc) is 2.59. The van der Waals surface area contributed by atoms with Crippen molar-refractivity contribution in [2.24, 2.45) is 5.41 Å². The summed E-state index contributed by atoms with van der Waals surface area (Å²) in [6, 6.07) is 13.6. The van der Waals surface area contributed by atoms with Gasteiger partial charge >= 0.3 is 5.97 Å². The lowest BCUT2D eigenvalue weighted by molar-refractivity contribution is -0.123. The van der Waals surface area contributed by atoms with Gasteiger partial charge in [-0.1, -0.05) is 39.0 Å². The topological polar surface area (TPSA) is 72.5 Å². The maximum absolute atomic E-state index is 12.2. The number of benzene rings is 2. The van der Waals surface area contributed by atoms with Crippen LogP contribution < -0.4 is 5.32 Å². The van der Waals surface area contributed by atoms with Crippen LogP contribution in [0.4, 0.5) is 5.69 Å². The van der Waals surface area contributed by atoms with E-state index in [1.807, 2.05) is 39.8 Å². The Bertz CT molecular complexity index is 817. The molecule has 0 aliphatic rings. The van der Waals surface area contributed by atoms with Crippen LogP contribution in [0.5, 0.6) is 0 Å². The van der Waals surface area contributed by atoms with Crippen LogP contribution in [-0.2, 0) is 9.53 Å². The molecule has 1 amide bonds. The number of ketones is 1. The fourth-order valence-corrected chi connectivity index (χ4v) is 2.15. The summed E-state index contributed by atoms with van der Waals surface area (Å²) < 4.78 is 5.11. The van der Waals surface area contributed by atoms with Gasteiger partial charge in [0, 0.05) is 16.7 Å².